The Balaban J connectivity index is 3.62. The predicted octanol–water partition coefficient (Wildman–Crippen LogP) is 4.08. The summed E-state index contributed by atoms with van der Waals surface area (Å²) in [6, 6.07) is 0. The Morgan fingerprint density at radius 2 is 0.952 bits per heavy atom. The first-order chi connectivity index (χ1) is 10.2. The van der Waals surface area contributed by atoms with Crippen LogP contribution in [0.15, 0.2) is 0 Å². The van der Waals surface area contributed by atoms with E-state index in [-0.39, 0.29) is 5.54 Å². The van der Waals surface area contributed by atoms with E-state index in [2.05, 4.69) is 6.92 Å². The van der Waals surface area contributed by atoms with Gasteiger partial charge in [0, 0.05) is 5.54 Å². The second kappa shape index (κ2) is 14.8. The van der Waals surface area contributed by atoms with Gasteiger partial charge in [-0.3, -0.25) is 0 Å². The Morgan fingerprint density at radius 3 is 1.38 bits per heavy atom. The Morgan fingerprint density at radius 1 is 0.571 bits per heavy atom. The third-order valence-electron chi connectivity index (χ3n) is 4.54. The smallest absolute Gasteiger partial charge is 0.0155 e. The van der Waals surface area contributed by atoms with E-state index in [1.54, 1.807) is 0 Å². The van der Waals surface area contributed by atoms with Gasteiger partial charge in [0.25, 0.3) is 0 Å². The molecule has 0 aromatic heterocycles. The van der Waals surface area contributed by atoms with Crippen molar-refractivity contribution >= 4 is 0 Å². The van der Waals surface area contributed by atoms with Crippen molar-refractivity contribution in [3.63, 3.8) is 0 Å². The van der Waals surface area contributed by atoms with E-state index in [0.29, 0.717) is 0 Å². The van der Waals surface area contributed by atoms with Gasteiger partial charge in [0.15, 0.2) is 0 Å². The van der Waals surface area contributed by atoms with Crippen molar-refractivity contribution in [3.8, 4) is 0 Å². The number of rotatable bonds is 16. The summed E-state index contributed by atoms with van der Waals surface area (Å²) in [6.45, 7) is 3.77. The highest BCUT2D eigenvalue weighted by Gasteiger charge is 2.22. The summed E-state index contributed by atoms with van der Waals surface area (Å²) in [6.07, 6.45) is 17.7. The minimum absolute atomic E-state index is 0.0140. The van der Waals surface area contributed by atoms with E-state index >= 15 is 0 Å². The Labute approximate surface area is 133 Å². The van der Waals surface area contributed by atoms with Gasteiger partial charge < -0.3 is 17.2 Å². The van der Waals surface area contributed by atoms with Crippen molar-refractivity contribution in [2.24, 2.45) is 17.2 Å². The lowest BCUT2D eigenvalue weighted by molar-refractivity contribution is 0.314. The number of hydrogen-bond acceptors (Lipinski definition) is 3. The number of unbranched alkanes of at least 4 members (excludes halogenated alkanes) is 8. The molecule has 0 amide bonds. The van der Waals surface area contributed by atoms with E-state index in [1.807, 2.05) is 0 Å². The fourth-order valence-electron chi connectivity index (χ4n) is 3.07. The lowest BCUT2D eigenvalue weighted by Gasteiger charge is -2.29. The van der Waals surface area contributed by atoms with Gasteiger partial charge in [-0.05, 0) is 45.2 Å². The van der Waals surface area contributed by atoms with Crippen LogP contribution < -0.4 is 17.2 Å². The van der Waals surface area contributed by atoms with Crippen molar-refractivity contribution in [2.75, 3.05) is 13.1 Å². The molecule has 0 saturated heterocycles. The molecule has 0 spiro atoms. The average Bonchev–Trinajstić information content (AvgIpc) is 2.49. The Bertz CT molecular complexity index is 199. The highest BCUT2D eigenvalue weighted by Crippen LogP contribution is 2.23. The molecule has 6 N–H and O–H groups in total. The van der Waals surface area contributed by atoms with Crippen molar-refractivity contribution < 1.29 is 0 Å². The summed E-state index contributed by atoms with van der Waals surface area (Å²) in [4.78, 5) is 0. The molecule has 0 fully saturated rings. The van der Waals surface area contributed by atoms with Crippen LogP contribution in [0.5, 0.6) is 0 Å². The molecule has 0 aromatic carbocycles. The SMILES string of the molecule is CCCCCCCCCCCC(N)(CCCN)CCCN. The van der Waals surface area contributed by atoms with Crippen LogP contribution in [0, 0.1) is 0 Å². The molecule has 0 unspecified atom stereocenters. The fourth-order valence-corrected chi connectivity index (χ4v) is 3.07. The summed E-state index contributed by atoms with van der Waals surface area (Å²) in [5.74, 6) is 0. The van der Waals surface area contributed by atoms with E-state index in [1.165, 1.54) is 57.8 Å². The lowest BCUT2D eigenvalue weighted by atomic mass is 9.84. The van der Waals surface area contributed by atoms with Crippen LogP contribution in [0.4, 0.5) is 0 Å². The fraction of sp³-hybridized carbons (Fsp3) is 1.00. The standard InChI is InChI=1S/C18H41N3/c1-2-3-4-5-6-7-8-9-10-13-18(21,14-11-16-19)15-12-17-20/h2-17,19-21H2,1H3. The zero-order chi connectivity index (χ0) is 15.8. The minimum Gasteiger partial charge on any atom is -0.330 e. The van der Waals surface area contributed by atoms with E-state index < -0.39 is 0 Å². The van der Waals surface area contributed by atoms with Crippen molar-refractivity contribution in [2.45, 2.75) is 102 Å². The Hall–Kier alpha value is -0.120. The summed E-state index contributed by atoms with van der Waals surface area (Å²) in [5, 5.41) is 0. The van der Waals surface area contributed by atoms with Gasteiger partial charge in [-0.15, -0.1) is 0 Å². The molecule has 0 rings (SSSR count). The summed E-state index contributed by atoms with van der Waals surface area (Å²) < 4.78 is 0. The molecule has 0 bridgehead atoms. The van der Waals surface area contributed by atoms with E-state index in [9.17, 15) is 0 Å². The monoisotopic (exact) mass is 299 g/mol. The van der Waals surface area contributed by atoms with Crippen LogP contribution in [0.25, 0.3) is 0 Å². The molecule has 0 radical (unpaired) electrons. The van der Waals surface area contributed by atoms with Gasteiger partial charge in [0.05, 0.1) is 0 Å². The first-order valence-electron chi connectivity index (χ1n) is 9.37. The van der Waals surface area contributed by atoms with Crippen LogP contribution in [-0.2, 0) is 0 Å². The molecule has 0 aromatic rings. The highest BCUT2D eigenvalue weighted by atomic mass is 14.7. The zero-order valence-electron chi connectivity index (χ0n) is 14.5. The summed E-state index contributed by atoms with van der Waals surface area (Å²) in [5.41, 5.74) is 17.8. The summed E-state index contributed by atoms with van der Waals surface area (Å²) in [7, 11) is 0. The van der Waals surface area contributed by atoms with E-state index in [4.69, 9.17) is 17.2 Å². The van der Waals surface area contributed by atoms with Gasteiger partial charge in [0.1, 0.15) is 0 Å². The molecule has 3 nitrogen and oxygen atoms in total. The third-order valence-corrected chi connectivity index (χ3v) is 4.54. The molecule has 21 heavy (non-hydrogen) atoms. The van der Waals surface area contributed by atoms with Crippen LogP contribution >= 0.6 is 0 Å². The van der Waals surface area contributed by atoms with Gasteiger partial charge in [0.2, 0.25) is 0 Å². The molecule has 0 aliphatic heterocycles. The quantitative estimate of drug-likeness (QED) is 0.376. The van der Waals surface area contributed by atoms with Crippen LogP contribution in [0.1, 0.15) is 96.8 Å². The zero-order valence-corrected chi connectivity index (χ0v) is 14.5. The van der Waals surface area contributed by atoms with Gasteiger partial charge in [-0.2, -0.15) is 0 Å². The van der Waals surface area contributed by atoms with Crippen molar-refractivity contribution in [1.82, 2.24) is 0 Å². The minimum atomic E-state index is -0.0140. The number of nitrogens with two attached hydrogens (primary N) is 3. The van der Waals surface area contributed by atoms with Crippen LogP contribution in [0.3, 0.4) is 0 Å². The molecule has 0 heterocycles. The van der Waals surface area contributed by atoms with Crippen LogP contribution in [0.2, 0.25) is 0 Å². The molecule has 128 valence electrons. The van der Waals surface area contributed by atoms with E-state index in [0.717, 1.165) is 45.2 Å². The predicted molar refractivity (Wildman–Crippen MR) is 95.3 cm³/mol. The largest absolute Gasteiger partial charge is 0.330 e. The van der Waals surface area contributed by atoms with Crippen molar-refractivity contribution in [1.29, 1.82) is 0 Å². The Kier molecular flexibility index (Phi) is 14.7. The van der Waals surface area contributed by atoms with Crippen molar-refractivity contribution in [3.05, 3.63) is 0 Å². The topological polar surface area (TPSA) is 78.1 Å². The van der Waals surface area contributed by atoms with Gasteiger partial charge in [-0.1, -0.05) is 64.7 Å². The maximum atomic E-state index is 6.55. The van der Waals surface area contributed by atoms with Gasteiger partial charge in [-0.25, -0.2) is 0 Å². The average molecular weight is 300 g/mol. The summed E-state index contributed by atoms with van der Waals surface area (Å²) >= 11 is 0. The molecule has 0 aliphatic rings. The third kappa shape index (κ3) is 13.3. The van der Waals surface area contributed by atoms with Crippen LogP contribution in [-0.4, -0.2) is 18.6 Å². The first kappa shape index (κ1) is 20.9. The lowest BCUT2D eigenvalue weighted by Crippen LogP contribution is -2.40. The molecule has 0 atom stereocenters. The highest BCUT2D eigenvalue weighted by molar-refractivity contribution is 4.84. The molecular formula is C18H41N3. The first-order valence-corrected chi connectivity index (χ1v) is 9.37. The molecule has 0 saturated carbocycles. The second-order valence-corrected chi connectivity index (χ2v) is 6.73. The second-order valence-electron chi connectivity index (χ2n) is 6.73. The van der Waals surface area contributed by atoms with Gasteiger partial charge >= 0.3 is 0 Å². The molecular weight excluding hydrogens is 258 g/mol. The normalized spacial score (nSPS) is 12.0. The maximum Gasteiger partial charge on any atom is 0.0155 e. The maximum absolute atomic E-state index is 6.55. The molecule has 3 heteroatoms. The molecule has 0 aliphatic carbocycles. The number of hydrogen-bond donors (Lipinski definition) is 3.